The molecule has 3 heteroatoms. The summed E-state index contributed by atoms with van der Waals surface area (Å²) >= 11 is 0. The smallest absolute Gasteiger partial charge is 0.310 e. The van der Waals surface area contributed by atoms with Gasteiger partial charge in [0, 0.05) is 18.0 Å². The predicted octanol–water partition coefficient (Wildman–Crippen LogP) is 2.58. The maximum Gasteiger partial charge on any atom is 0.310 e. The van der Waals surface area contributed by atoms with Gasteiger partial charge in [0.15, 0.2) is 0 Å². The minimum absolute atomic E-state index is 0.0727. The largest absolute Gasteiger partial charge is 0.469 e. The first kappa shape index (κ1) is 13.4. The van der Waals surface area contributed by atoms with E-state index in [0.29, 0.717) is 12.1 Å². The number of hydrogen-bond donors (Lipinski definition) is 0. The summed E-state index contributed by atoms with van der Waals surface area (Å²) in [6, 6.07) is 10.9. The topological polar surface area (TPSA) is 29.5 Å². The summed E-state index contributed by atoms with van der Waals surface area (Å²) in [6.07, 6.45) is 2.23. The van der Waals surface area contributed by atoms with Gasteiger partial charge in [-0.25, -0.2) is 0 Å². The number of nitrogens with zero attached hydrogens (tertiary/aromatic N) is 1. The Labute approximate surface area is 120 Å². The lowest BCUT2D eigenvalue weighted by molar-refractivity contribution is -0.147. The van der Waals surface area contributed by atoms with Gasteiger partial charge in [-0.1, -0.05) is 36.9 Å². The Hall–Kier alpha value is -1.61. The van der Waals surface area contributed by atoms with E-state index in [1.54, 1.807) is 0 Å². The molecule has 0 radical (unpaired) electrons. The predicted molar refractivity (Wildman–Crippen MR) is 79.0 cm³/mol. The van der Waals surface area contributed by atoms with Crippen LogP contribution in [-0.4, -0.2) is 37.1 Å². The number of hydrogen-bond acceptors (Lipinski definition) is 3. The third-order valence-corrected chi connectivity index (χ3v) is 5.04. The summed E-state index contributed by atoms with van der Waals surface area (Å²) in [7, 11) is 3.60. The summed E-state index contributed by atoms with van der Waals surface area (Å²) in [5.74, 6) is 0.0104. The molecule has 1 aromatic carbocycles. The van der Waals surface area contributed by atoms with Gasteiger partial charge in [-0.2, -0.15) is 0 Å². The van der Waals surface area contributed by atoms with E-state index in [9.17, 15) is 4.79 Å². The van der Waals surface area contributed by atoms with Crippen LogP contribution in [0.2, 0.25) is 0 Å². The first-order valence-corrected chi connectivity index (χ1v) is 7.19. The number of fused-ring (bicyclic) bond motifs is 2. The average molecular weight is 271 g/mol. The highest BCUT2D eigenvalue weighted by Gasteiger charge is 2.55. The molecule has 2 heterocycles. The lowest BCUT2D eigenvalue weighted by atomic mass is 9.74. The Morgan fingerprint density at radius 2 is 1.80 bits per heavy atom. The number of esters is 1. The molecular formula is C17H21NO2. The molecule has 3 rings (SSSR count). The van der Waals surface area contributed by atoms with Crippen molar-refractivity contribution in [2.75, 3.05) is 14.2 Å². The van der Waals surface area contributed by atoms with Crippen molar-refractivity contribution in [1.29, 1.82) is 0 Å². The van der Waals surface area contributed by atoms with Crippen LogP contribution in [0, 0.1) is 11.8 Å². The molecule has 2 saturated heterocycles. The van der Waals surface area contributed by atoms with Gasteiger partial charge in [0.2, 0.25) is 0 Å². The van der Waals surface area contributed by atoms with E-state index in [-0.39, 0.29) is 17.8 Å². The summed E-state index contributed by atoms with van der Waals surface area (Å²) in [4.78, 5) is 14.6. The maximum absolute atomic E-state index is 12.2. The number of rotatable bonds is 3. The molecule has 2 bridgehead atoms. The average Bonchev–Trinajstić information content (AvgIpc) is 2.99. The molecule has 0 aromatic heterocycles. The van der Waals surface area contributed by atoms with Crippen LogP contribution in [0.25, 0.3) is 5.57 Å². The van der Waals surface area contributed by atoms with Crippen molar-refractivity contribution in [1.82, 2.24) is 4.90 Å². The van der Waals surface area contributed by atoms with Crippen LogP contribution in [0.3, 0.4) is 0 Å². The molecule has 2 fully saturated rings. The minimum atomic E-state index is -0.0915. The highest BCUT2D eigenvalue weighted by molar-refractivity contribution is 5.80. The molecule has 4 atom stereocenters. The van der Waals surface area contributed by atoms with Gasteiger partial charge < -0.3 is 4.74 Å². The van der Waals surface area contributed by atoms with Crippen LogP contribution >= 0.6 is 0 Å². The van der Waals surface area contributed by atoms with Crippen molar-refractivity contribution < 1.29 is 9.53 Å². The zero-order valence-corrected chi connectivity index (χ0v) is 12.1. The van der Waals surface area contributed by atoms with E-state index in [1.165, 1.54) is 7.11 Å². The van der Waals surface area contributed by atoms with Gasteiger partial charge in [-0.05, 0) is 31.0 Å². The molecule has 106 valence electrons. The van der Waals surface area contributed by atoms with Crippen molar-refractivity contribution in [2.24, 2.45) is 11.8 Å². The fourth-order valence-electron chi connectivity index (χ4n) is 4.07. The van der Waals surface area contributed by atoms with Crippen LogP contribution in [0.15, 0.2) is 36.9 Å². The molecule has 0 unspecified atom stereocenters. The van der Waals surface area contributed by atoms with Crippen molar-refractivity contribution in [3.8, 4) is 0 Å². The molecule has 0 saturated carbocycles. The third-order valence-electron chi connectivity index (χ3n) is 5.04. The Morgan fingerprint density at radius 1 is 1.20 bits per heavy atom. The molecule has 2 aliphatic rings. The maximum atomic E-state index is 12.2. The number of benzene rings is 1. The van der Waals surface area contributed by atoms with Crippen molar-refractivity contribution in [2.45, 2.75) is 24.9 Å². The summed E-state index contributed by atoms with van der Waals surface area (Å²) in [6.45, 7) is 4.29. The molecular weight excluding hydrogens is 250 g/mol. The fourth-order valence-corrected chi connectivity index (χ4v) is 4.07. The van der Waals surface area contributed by atoms with Crippen molar-refractivity contribution in [3.63, 3.8) is 0 Å². The summed E-state index contributed by atoms with van der Waals surface area (Å²) in [5.41, 5.74) is 2.20. The van der Waals surface area contributed by atoms with Crippen LogP contribution in [0.4, 0.5) is 0 Å². The molecule has 0 aliphatic carbocycles. The van der Waals surface area contributed by atoms with E-state index in [1.807, 2.05) is 18.2 Å². The summed E-state index contributed by atoms with van der Waals surface area (Å²) in [5, 5.41) is 0. The Morgan fingerprint density at radius 3 is 2.40 bits per heavy atom. The van der Waals surface area contributed by atoms with E-state index < -0.39 is 0 Å². The van der Waals surface area contributed by atoms with Gasteiger partial charge >= 0.3 is 5.97 Å². The third kappa shape index (κ3) is 1.88. The first-order chi connectivity index (χ1) is 9.65. The van der Waals surface area contributed by atoms with Crippen molar-refractivity contribution >= 4 is 11.5 Å². The van der Waals surface area contributed by atoms with E-state index in [4.69, 9.17) is 4.74 Å². The molecule has 20 heavy (non-hydrogen) atoms. The number of carbonyl (C=O) groups is 1. The van der Waals surface area contributed by atoms with Gasteiger partial charge in [0.25, 0.3) is 0 Å². The summed E-state index contributed by atoms with van der Waals surface area (Å²) < 4.78 is 5.04. The molecule has 2 aliphatic heterocycles. The highest BCUT2D eigenvalue weighted by Crippen LogP contribution is 2.50. The van der Waals surface area contributed by atoms with Crippen LogP contribution < -0.4 is 0 Å². The fraction of sp³-hybridized carbons (Fsp3) is 0.471. The Bertz CT molecular complexity index is 525. The Kier molecular flexibility index (Phi) is 3.38. The molecule has 0 N–H and O–H groups in total. The monoisotopic (exact) mass is 271 g/mol. The molecule has 1 aromatic rings. The quantitative estimate of drug-likeness (QED) is 0.791. The van der Waals surface area contributed by atoms with Crippen molar-refractivity contribution in [3.05, 3.63) is 42.5 Å². The second-order valence-electron chi connectivity index (χ2n) is 5.84. The van der Waals surface area contributed by atoms with Gasteiger partial charge in [-0.15, -0.1) is 0 Å². The number of methoxy groups -OCH3 is 1. The normalized spacial score (nSPS) is 32.3. The Balaban J connectivity index is 1.94. The van der Waals surface area contributed by atoms with Gasteiger partial charge in [0.1, 0.15) is 0 Å². The highest BCUT2D eigenvalue weighted by atomic mass is 16.5. The zero-order chi connectivity index (χ0) is 14.3. The minimum Gasteiger partial charge on any atom is -0.469 e. The number of carbonyl (C=O) groups excluding carboxylic acids is 1. The molecule has 0 spiro atoms. The van der Waals surface area contributed by atoms with Gasteiger partial charge in [-0.3, -0.25) is 9.69 Å². The van der Waals surface area contributed by atoms with Crippen LogP contribution in [0.5, 0.6) is 0 Å². The zero-order valence-electron chi connectivity index (χ0n) is 12.1. The SMILES string of the molecule is C=C(c1ccccc1)[C@H]1[C@H](C(=O)OC)[C@H]2CC[C@@H]1N2C. The standard InChI is InChI=1S/C17H21NO2/c1-11(12-7-5-4-6-8-12)15-13-9-10-14(18(13)2)16(15)17(19)20-3/h4-8,13-16H,1,9-10H2,2-3H3/t13-,14+,15+,16+/m0/s1. The lowest BCUT2D eigenvalue weighted by Gasteiger charge is -2.29. The second-order valence-corrected chi connectivity index (χ2v) is 5.84. The first-order valence-electron chi connectivity index (χ1n) is 7.19. The van der Waals surface area contributed by atoms with E-state index >= 15 is 0 Å². The van der Waals surface area contributed by atoms with Gasteiger partial charge in [0.05, 0.1) is 13.0 Å². The van der Waals surface area contributed by atoms with E-state index in [2.05, 4.69) is 30.7 Å². The van der Waals surface area contributed by atoms with Crippen LogP contribution in [-0.2, 0) is 9.53 Å². The van der Waals surface area contributed by atoms with E-state index in [0.717, 1.165) is 24.0 Å². The lowest BCUT2D eigenvalue weighted by Crippen LogP contribution is -2.35. The number of ether oxygens (including phenoxy) is 1. The second kappa shape index (κ2) is 5.06. The molecule has 0 amide bonds. The molecule has 3 nitrogen and oxygen atoms in total. The van der Waals surface area contributed by atoms with Crippen LogP contribution in [0.1, 0.15) is 18.4 Å².